The van der Waals surface area contributed by atoms with Crippen molar-refractivity contribution in [2.45, 2.75) is 24.9 Å². The number of nitrogens with zero attached hydrogens (tertiary/aromatic N) is 3. The van der Waals surface area contributed by atoms with Crippen LogP contribution in [0.25, 0.3) is 10.6 Å². The van der Waals surface area contributed by atoms with Gasteiger partial charge < -0.3 is 4.90 Å². The number of carbonyl (C=O) groups excluding carboxylic acids is 1. The fourth-order valence-corrected chi connectivity index (χ4v) is 3.57. The van der Waals surface area contributed by atoms with Gasteiger partial charge in [0.25, 0.3) is 11.8 Å². The summed E-state index contributed by atoms with van der Waals surface area (Å²) in [5.74, 6) is -3.14. The van der Waals surface area contributed by atoms with Crippen molar-refractivity contribution in [3.63, 3.8) is 0 Å². The van der Waals surface area contributed by atoms with Crippen LogP contribution in [0, 0.1) is 0 Å². The zero-order valence-corrected chi connectivity index (χ0v) is 13.9. The van der Waals surface area contributed by atoms with Crippen molar-refractivity contribution in [2.24, 2.45) is 7.05 Å². The highest BCUT2D eigenvalue weighted by atomic mass is 32.1. The largest absolute Gasteiger partial charge is 0.433 e. The minimum absolute atomic E-state index is 0.0408. The van der Waals surface area contributed by atoms with Crippen LogP contribution in [-0.2, 0) is 13.2 Å². The summed E-state index contributed by atoms with van der Waals surface area (Å²) in [4.78, 5) is 14.4. The molecule has 0 spiro atoms. The third kappa shape index (κ3) is 3.68. The summed E-state index contributed by atoms with van der Waals surface area (Å²) in [5.41, 5.74) is -0.772. The highest BCUT2D eigenvalue weighted by Crippen LogP contribution is 2.35. The van der Waals surface area contributed by atoms with E-state index in [1.165, 1.54) is 24.1 Å². The molecule has 0 N–H and O–H groups in total. The molecule has 0 aromatic carbocycles. The van der Waals surface area contributed by atoms with Gasteiger partial charge in [0.05, 0.1) is 9.75 Å². The van der Waals surface area contributed by atoms with Gasteiger partial charge in [0.1, 0.15) is 11.4 Å². The summed E-state index contributed by atoms with van der Waals surface area (Å²) in [7, 11) is 1.19. The van der Waals surface area contributed by atoms with E-state index in [9.17, 15) is 26.7 Å². The molecule has 0 atom stereocenters. The van der Waals surface area contributed by atoms with Gasteiger partial charge in [-0.1, -0.05) is 0 Å². The number of thiophene rings is 1. The standard InChI is InChI=1S/C15H14F5N3OS/c1-22-12(15(18,19)20)8-9(21-22)10-2-3-11(25-10)13(24)23-6-4-14(16,17)5-7-23/h2-3,8H,4-7H2,1H3. The number of amides is 1. The second-order valence-corrected chi connectivity index (χ2v) is 6.93. The minimum Gasteiger partial charge on any atom is -0.338 e. The lowest BCUT2D eigenvalue weighted by molar-refractivity contribution is -0.143. The molecule has 136 valence electrons. The number of aryl methyl sites for hydroxylation is 1. The first-order valence-corrected chi connectivity index (χ1v) is 8.27. The zero-order chi connectivity index (χ0) is 18.4. The molecular formula is C15H14F5N3OS. The Morgan fingerprint density at radius 1 is 1.24 bits per heavy atom. The molecule has 3 heterocycles. The van der Waals surface area contributed by atoms with Gasteiger partial charge in [0.15, 0.2) is 0 Å². The highest BCUT2D eigenvalue weighted by molar-refractivity contribution is 7.17. The van der Waals surface area contributed by atoms with Crippen LogP contribution in [0.3, 0.4) is 0 Å². The Kier molecular flexibility index (Phi) is 4.34. The number of carbonyl (C=O) groups is 1. The molecular weight excluding hydrogens is 365 g/mol. The van der Waals surface area contributed by atoms with Gasteiger partial charge in [-0.25, -0.2) is 8.78 Å². The van der Waals surface area contributed by atoms with Gasteiger partial charge >= 0.3 is 6.18 Å². The van der Waals surface area contributed by atoms with Crippen LogP contribution in [0.4, 0.5) is 22.0 Å². The van der Waals surface area contributed by atoms with Crippen molar-refractivity contribution in [2.75, 3.05) is 13.1 Å². The minimum atomic E-state index is -4.52. The number of halogens is 5. The Balaban J connectivity index is 1.78. The van der Waals surface area contributed by atoms with Crippen molar-refractivity contribution in [3.8, 4) is 10.6 Å². The average Bonchev–Trinajstić information content (AvgIpc) is 3.12. The molecule has 1 fully saturated rings. The van der Waals surface area contributed by atoms with Gasteiger partial charge in [-0.05, 0) is 18.2 Å². The molecule has 0 radical (unpaired) electrons. The zero-order valence-electron chi connectivity index (χ0n) is 13.1. The molecule has 1 aliphatic heterocycles. The summed E-state index contributed by atoms with van der Waals surface area (Å²) < 4.78 is 65.6. The van der Waals surface area contributed by atoms with Crippen LogP contribution < -0.4 is 0 Å². The first-order chi connectivity index (χ1) is 11.6. The third-order valence-electron chi connectivity index (χ3n) is 4.02. The molecule has 0 bridgehead atoms. The van der Waals surface area contributed by atoms with Crippen LogP contribution in [0.1, 0.15) is 28.2 Å². The van der Waals surface area contributed by atoms with Gasteiger partial charge in [-0.3, -0.25) is 9.48 Å². The Labute approximate surface area is 143 Å². The summed E-state index contributed by atoms with van der Waals surface area (Å²) in [6.07, 6.45) is -5.28. The highest BCUT2D eigenvalue weighted by Gasteiger charge is 2.37. The topological polar surface area (TPSA) is 38.1 Å². The Hall–Kier alpha value is -1.97. The lowest BCUT2D eigenvalue weighted by Crippen LogP contribution is -2.42. The molecule has 2 aromatic heterocycles. The second kappa shape index (κ2) is 6.08. The van der Waals surface area contributed by atoms with Crippen LogP contribution in [-0.4, -0.2) is 39.6 Å². The van der Waals surface area contributed by atoms with E-state index in [0.29, 0.717) is 9.75 Å². The van der Waals surface area contributed by atoms with Crippen molar-refractivity contribution < 1.29 is 26.7 Å². The molecule has 2 aromatic rings. The Morgan fingerprint density at radius 3 is 2.44 bits per heavy atom. The second-order valence-electron chi connectivity index (χ2n) is 5.85. The number of aromatic nitrogens is 2. The van der Waals surface area contributed by atoms with E-state index < -0.39 is 23.7 Å². The van der Waals surface area contributed by atoms with E-state index in [4.69, 9.17) is 0 Å². The van der Waals surface area contributed by atoms with Crippen LogP contribution in [0.2, 0.25) is 0 Å². The fraction of sp³-hybridized carbons (Fsp3) is 0.467. The molecule has 10 heteroatoms. The van der Waals surface area contributed by atoms with Crippen LogP contribution >= 0.6 is 11.3 Å². The van der Waals surface area contributed by atoms with Gasteiger partial charge in [0.2, 0.25) is 0 Å². The lowest BCUT2D eigenvalue weighted by atomic mass is 10.1. The first-order valence-electron chi connectivity index (χ1n) is 7.45. The molecule has 0 aliphatic carbocycles. The summed E-state index contributed by atoms with van der Waals surface area (Å²) in [5, 5.41) is 3.83. The molecule has 3 rings (SSSR count). The number of rotatable bonds is 2. The van der Waals surface area contributed by atoms with E-state index in [0.717, 1.165) is 22.1 Å². The Morgan fingerprint density at radius 2 is 1.88 bits per heavy atom. The lowest BCUT2D eigenvalue weighted by Gasteiger charge is -2.31. The SMILES string of the molecule is Cn1nc(-c2ccc(C(=O)N3CCC(F)(F)CC3)s2)cc1C(F)(F)F. The van der Waals surface area contributed by atoms with E-state index in [1.54, 1.807) is 0 Å². The number of hydrogen-bond acceptors (Lipinski definition) is 3. The molecule has 0 unspecified atom stereocenters. The maximum Gasteiger partial charge on any atom is 0.433 e. The third-order valence-corrected chi connectivity index (χ3v) is 5.12. The van der Waals surface area contributed by atoms with Crippen LogP contribution in [0.15, 0.2) is 18.2 Å². The predicted octanol–water partition coefficient (Wildman–Crippen LogP) is 4.04. The van der Waals surface area contributed by atoms with E-state index >= 15 is 0 Å². The molecule has 1 amide bonds. The molecule has 1 saturated heterocycles. The number of piperidine rings is 1. The smallest absolute Gasteiger partial charge is 0.338 e. The molecule has 1 aliphatic rings. The van der Waals surface area contributed by atoms with E-state index in [-0.39, 0.29) is 31.6 Å². The average molecular weight is 379 g/mol. The van der Waals surface area contributed by atoms with Crippen molar-refractivity contribution >= 4 is 17.2 Å². The van der Waals surface area contributed by atoms with Crippen molar-refractivity contribution in [3.05, 3.63) is 28.8 Å². The van der Waals surface area contributed by atoms with Crippen molar-refractivity contribution in [1.29, 1.82) is 0 Å². The van der Waals surface area contributed by atoms with Gasteiger partial charge in [-0.15, -0.1) is 11.3 Å². The van der Waals surface area contributed by atoms with Crippen LogP contribution in [0.5, 0.6) is 0 Å². The van der Waals surface area contributed by atoms with Crippen molar-refractivity contribution in [1.82, 2.24) is 14.7 Å². The number of alkyl halides is 5. The van der Waals surface area contributed by atoms with E-state index in [2.05, 4.69) is 5.10 Å². The summed E-state index contributed by atoms with van der Waals surface area (Å²) in [6, 6.07) is 3.91. The number of likely N-dealkylation sites (tertiary alicyclic amines) is 1. The predicted molar refractivity (Wildman–Crippen MR) is 81.6 cm³/mol. The first kappa shape index (κ1) is 17.8. The van der Waals surface area contributed by atoms with Gasteiger partial charge in [-0.2, -0.15) is 18.3 Å². The van der Waals surface area contributed by atoms with Gasteiger partial charge in [0, 0.05) is 33.0 Å². The summed E-state index contributed by atoms with van der Waals surface area (Å²) in [6.45, 7) is -0.0816. The Bertz CT molecular complexity index is 785. The molecule has 25 heavy (non-hydrogen) atoms. The molecule has 0 saturated carbocycles. The fourth-order valence-electron chi connectivity index (χ4n) is 2.64. The maximum atomic E-state index is 13.2. The quantitative estimate of drug-likeness (QED) is 0.739. The summed E-state index contributed by atoms with van der Waals surface area (Å²) >= 11 is 0.998. The molecule has 4 nitrogen and oxygen atoms in total. The van der Waals surface area contributed by atoms with E-state index in [1.807, 2.05) is 0 Å². The monoisotopic (exact) mass is 379 g/mol. The maximum absolute atomic E-state index is 13.2. The number of hydrogen-bond donors (Lipinski definition) is 0. The normalized spacial score (nSPS) is 17.8.